The van der Waals surface area contributed by atoms with Crippen LogP contribution in [0.2, 0.25) is 0 Å². The van der Waals surface area contributed by atoms with Crippen LogP contribution in [0, 0.1) is 11.3 Å². The minimum absolute atomic E-state index is 0.0476. The second-order valence-electron chi connectivity index (χ2n) is 6.26. The maximum Gasteiger partial charge on any atom is 0.101 e. The molecule has 0 aromatic carbocycles. The lowest BCUT2D eigenvalue weighted by atomic mass is 9.71. The lowest BCUT2D eigenvalue weighted by Crippen LogP contribution is -2.44. The highest BCUT2D eigenvalue weighted by molar-refractivity contribution is 5.19. The first kappa shape index (κ1) is 18.6. The summed E-state index contributed by atoms with van der Waals surface area (Å²) in [7, 11) is 1.65. The molecular weight excluding hydrogens is 240 g/mol. The molecule has 114 valence electrons. The molecular formula is C16H32O3. The normalized spacial score (nSPS) is 20.5. The van der Waals surface area contributed by atoms with E-state index in [1.54, 1.807) is 7.11 Å². The predicted molar refractivity (Wildman–Crippen MR) is 80.1 cm³/mol. The molecule has 3 heteroatoms. The van der Waals surface area contributed by atoms with Crippen LogP contribution in [0.15, 0.2) is 11.1 Å². The smallest absolute Gasteiger partial charge is 0.101 e. The van der Waals surface area contributed by atoms with E-state index in [1.165, 1.54) is 0 Å². The van der Waals surface area contributed by atoms with Gasteiger partial charge in [-0.05, 0) is 43.3 Å². The first-order valence-electron chi connectivity index (χ1n) is 7.17. The van der Waals surface area contributed by atoms with Crippen molar-refractivity contribution in [2.24, 2.45) is 11.3 Å². The maximum absolute atomic E-state index is 10.5. The van der Waals surface area contributed by atoms with Crippen molar-refractivity contribution < 1.29 is 14.9 Å². The average Bonchev–Trinajstić information content (AvgIpc) is 2.41. The summed E-state index contributed by atoms with van der Waals surface area (Å²) in [5.74, 6) is 0.338. The molecule has 0 rings (SSSR count). The first-order valence-corrected chi connectivity index (χ1v) is 7.17. The highest BCUT2D eigenvalue weighted by Crippen LogP contribution is 2.36. The monoisotopic (exact) mass is 272 g/mol. The summed E-state index contributed by atoms with van der Waals surface area (Å²) >= 11 is 0. The summed E-state index contributed by atoms with van der Waals surface area (Å²) < 4.78 is 5.27. The molecule has 0 aliphatic carbocycles. The van der Waals surface area contributed by atoms with Gasteiger partial charge >= 0.3 is 0 Å². The van der Waals surface area contributed by atoms with E-state index in [-0.39, 0.29) is 11.5 Å². The van der Waals surface area contributed by atoms with Crippen LogP contribution in [0.25, 0.3) is 0 Å². The number of aliphatic hydroxyl groups excluding tert-OH is 2. The standard InChI is InChI=1S/C16H32O3/c1-9-10(2)16(6,7)15(18)14(17)12(4)11(3)13(5)19-8/h10,13-15,17-18H,9H2,1-8H3/b12-11+/t10-,13?,14-,15-/m0/s1. The fourth-order valence-corrected chi connectivity index (χ4v) is 2.19. The lowest BCUT2D eigenvalue weighted by Gasteiger charge is -2.39. The van der Waals surface area contributed by atoms with E-state index in [4.69, 9.17) is 4.74 Å². The van der Waals surface area contributed by atoms with E-state index >= 15 is 0 Å². The highest BCUT2D eigenvalue weighted by Gasteiger charge is 2.38. The van der Waals surface area contributed by atoms with Gasteiger partial charge in [-0.15, -0.1) is 0 Å². The van der Waals surface area contributed by atoms with Crippen LogP contribution in [0.1, 0.15) is 54.9 Å². The van der Waals surface area contributed by atoms with Gasteiger partial charge in [0.25, 0.3) is 0 Å². The Labute approximate surface area is 118 Å². The molecule has 2 N–H and O–H groups in total. The molecule has 0 saturated carbocycles. The summed E-state index contributed by atoms with van der Waals surface area (Å²) in [6.45, 7) is 14.0. The molecule has 0 aromatic heterocycles. The molecule has 0 amide bonds. The Morgan fingerprint density at radius 1 is 1.11 bits per heavy atom. The fraction of sp³-hybridized carbons (Fsp3) is 0.875. The Kier molecular flexibility index (Phi) is 7.27. The number of hydrogen-bond acceptors (Lipinski definition) is 3. The molecule has 0 aromatic rings. The van der Waals surface area contributed by atoms with Gasteiger partial charge in [-0.25, -0.2) is 0 Å². The van der Waals surface area contributed by atoms with E-state index in [0.717, 1.165) is 17.6 Å². The van der Waals surface area contributed by atoms with Gasteiger partial charge in [0.2, 0.25) is 0 Å². The van der Waals surface area contributed by atoms with Gasteiger partial charge in [-0.1, -0.05) is 34.1 Å². The predicted octanol–water partition coefficient (Wildman–Crippen LogP) is 3.15. The van der Waals surface area contributed by atoms with Gasteiger partial charge in [-0.2, -0.15) is 0 Å². The molecule has 4 atom stereocenters. The number of rotatable bonds is 7. The van der Waals surface area contributed by atoms with Crippen molar-refractivity contribution in [3.05, 3.63) is 11.1 Å². The Balaban J connectivity index is 5.16. The van der Waals surface area contributed by atoms with Crippen molar-refractivity contribution in [2.45, 2.75) is 73.2 Å². The Hall–Kier alpha value is -0.380. The quantitative estimate of drug-likeness (QED) is 0.700. The van der Waals surface area contributed by atoms with Crippen LogP contribution in [-0.4, -0.2) is 35.6 Å². The van der Waals surface area contributed by atoms with Gasteiger partial charge in [0.05, 0.1) is 12.2 Å². The second kappa shape index (κ2) is 7.41. The van der Waals surface area contributed by atoms with Gasteiger partial charge in [0.1, 0.15) is 6.10 Å². The van der Waals surface area contributed by atoms with Gasteiger partial charge in [0.15, 0.2) is 0 Å². The van der Waals surface area contributed by atoms with E-state index in [9.17, 15) is 10.2 Å². The highest BCUT2D eigenvalue weighted by atomic mass is 16.5. The maximum atomic E-state index is 10.5. The summed E-state index contributed by atoms with van der Waals surface area (Å²) in [5.41, 5.74) is 1.46. The third-order valence-electron chi connectivity index (χ3n) is 4.97. The second-order valence-corrected chi connectivity index (χ2v) is 6.26. The van der Waals surface area contributed by atoms with Crippen LogP contribution in [0.3, 0.4) is 0 Å². The van der Waals surface area contributed by atoms with Gasteiger partial charge < -0.3 is 14.9 Å². The molecule has 1 unspecified atom stereocenters. The average molecular weight is 272 g/mol. The summed E-state index contributed by atoms with van der Waals surface area (Å²) in [4.78, 5) is 0. The van der Waals surface area contributed by atoms with E-state index in [2.05, 4.69) is 13.8 Å². The number of hydrogen-bond donors (Lipinski definition) is 2. The summed E-state index contributed by atoms with van der Waals surface area (Å²) in [6.07, 6.45) is -0.691. The zero-order valence-corrected chi connectivity index (χ0v) is 13.8. The Bertz CT molecular complexity index is 307. The van der Waals surface area contributed by atoms with Gasteiger partial charge in [0, 0.05) is 7.11 Å². The molecule has 0 saturated heterocycles. The molecule has 0 aliphatic rings. The Morgan fingerprint density at radius 2 is 1.58 bits per heavy atom. The number of aliphatic hydroxyl groups is 2. The molecule has 3 nitrogen and oxygen atoms in total. The van der Waals surface area contributed by atoms with Crippen molar-refractivity contribution in [2.75, 3.05) is 7.11 Å². The molecule has 19 heavy (non-hydrogen) atoms. The molecule has 0 aliphatic heterocycles. The minimum Gasteiger partial charge on any atom is -0.390 e. The van der Waals surface area contributed by atoms with Crippen molar-refractivity contribution in [3.63, 3.8) is 0 Å². The summed E-state index contributed by atoms with van der Waals surface area (Å²) in [6, 6.07) is 0. The zero-order chi connectivity index (χ0) is 15.4. The molecule has 0 fully saturated rings. The fourth-order valence-electron chi connectivity index (χ4n) is 2.19. The molecule has 0 radical (unpaired) electrons. The van der Waals surface area contributed by atoms with Crippen LogP contribution in [0.4, 0.5) is 0 Å². The van der Waals surface area contributed by atoms with Crippen molar-refractivity contribution >= 4 is 0 Å². The SMILES string of the molecule is CC[C@H](C)C(C)(C)[C@@H](O)[C@@H](O)/C(C)=C(\C)C(C)OC. The van der Waals surface area contributed by atoms with E-state index in [1.807, 2.05) is 34.6 Å². The first-order chi connectivity index (χ1) is 8.61. The number of ether oxygens (including phenoxy) is 1. The van der Waals surface area contributed by atoms with E-state index in [0.29, 0.717) is 5.92 Å². The molecule has 0 bridgehead atoms. The molecule has 0 spiro atoms. The third-order valence-corrected chi connectivity index (χ3v) is 4.97. The van der Waals surface area contributed by atoms with Crippen LogP contribution in [-0.2, 0) is 4.74 Å². The van der Waals surface area contributed by atoms with Crippen molar-refractivity contribution in [1.82, 2.24) is 0 Å². The molecule has 0 heterocycles. The largest absolute Gasteiger partial charge is 0.390 e. The lowest BCUT2D eigenvalue weighted by molar-refractivity contribution is -0.0595. The topological polar surface area (TPSA) is 49.7 Å². The summed E-state index contributed by atoms with van der Waals surface area (Å²) in [5, 5.41) is 20.9. The minimum atomic E-state index is -0.846. The van der Waals surface area contributed by atoms with Crippen LogP contribution < -0.4 is 0 Å². The number of methoxy groups -OCH3 is 1. The van der Waals surface area contributed by atoms with Gasteiger partial charge in [-0.3, -0.25) is 0 Å². The van der Waals surface area contributed by atoms with Crippen molar-refractivity contribution in [3.8, 4) is 0 Å². The zero-order valence-electron chi connectivity index (χ0n) is 13.8. The van der Waals surface area contributed by atoms with Crippen molar-refractivity contribution in [1.29, 1.82) is 0 Å². The van der Waals surface area contributed by atoms with Crippen LogP contribution in [0.5, 0.6) is 0 Å². The van der Waals surface area contributed by atoms with Crippen LogP contribution >= 0.6 is 0 Å². The Morgan fingerprint density at radius 3 is 1.95 bits per heavy atom. The third kappa shape index (κ3) is 4.30. The van der Waals surface area contributed by atoms with E-state index < -0.39 is 12.2 Å².